The molecule has 1 heterocycles. The van der Waals surface area contributed by atoms with Gasteiger partial charge in [-0.25, -0.2) is 0 Å². The number of fused-ring (bicyclic) bond motifs is 7. The first-order chi connectivity index (χ1) is 18.3. The molecule has 8 rings (SSSR count). The lowest BCUT2D eigenvalue weighted by Crippen LogP contribution is -1.83. The molecule has 0 unspecified atom stereocenters. The Morgan fingerprint density at radius 2 is 0.865 bits per heavy atom. The van der Waals surface area contributed by atoms with E-state index in [0.717, 1.165) is 0 Å². The van der Waals surface area contributed by atoms with E-state index in [-0.39, 0.29) is 0 Å². The molecule has 0 bridgehead atoms. The topological polar surface area (TPSA) is 0 Å². The Labute approximate surface area is 219 Å². The van der Waals surface area contributed by atoms with Crippen LogP contribution in [0.1, 0.15) is 0 Å². The van der Waals surface area contributed by atoms with Crippen molar-refractivity contribution < 1.29 is 0 Å². The van der Waals surface area contributed by atoms with Crippen LogP contribution >= 0.6 is 11.3 Å². The Balaban J connectivity index is 1.26. The maximum Gasteiger partial charge on any atom is 0.0434 e. The van der Waals surface area contributed by atoms with Gasteiger partial charge in [-0.3, -0.25) is 0 Å². The van der Waals surface area contributed by atoms with Crippen LogP contribution in [0.5, 0.6) is 0 Å². The molecule has 37 heavy (non-hydrogen) atoms. The highest BCUT2D eigenvalue weighted by Crippen LogP contribution is 2.43. The highest BCUT2D eigenvalue weighted by molar-refractivity contribution is 7.27. The normalized spacial score (nSPS) is 11.8. The van der Waals surface area contributed by atoms with E-state index in [1.807, 2.05) is 11.3 Å². The highest BCUT2D eigenvalue weighted by atomic mass is 32.1. The van der Waals surface area contributed by atoms with Gasteiger partial charge in [0.15, 0.2) is 0 Å². The van der Waals surface area contributed by atoms with Gasteiger partial charge in [-0.15, -0.1) is 11.3 Å². The molecule has 0 radical (unpaired) electrons. The fourth-order valence-corrected chi connectivity index (χ4v) is 7.09. The Kier molecular flexibility index (Phi) is 4.49. The molecular formula is C36H22S. The zero-order valence-corrected chi connectivity index (χ0v) is 20.9. The van der Waals surface area contributed by atoms with Crippen molar-refractivity contribution in [2.75, 3.05) is 0 Å². The lowest BCUT2D eigenvalue weighted by atomic mass is 9.96. The van der Waals surface area contributed by atoms with Crippen LogP contribution in [0.15, 0.2) is 133 Å². The summed E-state index contributed by atoms with van der Waals surface area (Å²) in [5, 5.41) is 10.4. The van der Waals surface area contributed by atoms with E-state index in [9.17, 15) is 0 Å². The predicted octanol–water partition coefficient (Wildman–Crippen LogP) is 10.8. The summed E-state index contributed by atoms with van der Waals surface area (Å²) < 4.78 is 2.74. The zero-order chi connectivity index (χ0) is 24.3. The van der Waals surface area contributed by atoms with Gasteiger partial charge in [-0.2, -0.15) is 0 Å². The van der Waals surface area contributed by atoms with Crippen LogP contribution < -0.4 is 0 Å². The van der Waals surface area contributed by atoms with Crippen molar-refractivity contribution in [1.82, 2.24) is 0 Å². The van der Waals surface area contributed by atoms with Gasteiger partial charge in [0.05, 0.1) is 0 Å². The standard InChI is InChI=1S/C36H22S/c1-2-8-25-20-26(13-12-23(25)6-1)27-14-15-29-22-30(17-16-28(29)21-27)32-10-5-11-33-34-19-18-24-7-3-4-9-31(24)35(34)37-36(32)33/h1-22H. The molecule has 0 atom stereocenters. The van der Waals surface area contributed by atoms with Gasteiger partial charge in [-0.05, 0) is 72.8 Å². The SMILES string of the molecule is c1ccc2cc(-c3ccc4cc(-c5cccc6c5sc5c7ccccc7ccc65)ccc4c3)ccc2c1. The van der Waals surface area contributed by atoms with Gasteiger partial charge in [0.2, 0.25) is 0 Å². The molecule has 7 aromatic carbocycles. The summed E-state index contributed by atoms with van der Waals surface area (Å²) in [6, 6.07) is 49.0. The Bertz CT molecular complexity index is 2140. The van der Waals surface area contributed by atoms with Crippen molar-refractivity contribution in [3.63, 3.8) is 0 Å². The maximum atomic E-state index is 2.34. The largest absolute Gasteiger partial charge is 0.134 e. The second-order valence-corrected chi connectivity index (χ2v) is 10.8. The van der Waals surface area contributed by atoms with Crippen molar-refractivity contribution in [2.24, 2.45) is 0 Å². The van der Waals surface area contributed by atoms with Crippen LogP contribution in [0.2, 0.25) is 0 Å². The van der Waals surface area contributed by atoms with E-state index < -0.39 is 0 Å². The number of thiophene rings is 1. The lowest BCUT2D eigenvalue weighted by molar-refractivity contribution is 1.66. The third kappa shape index (κ3) is 3.28. The van der Waals surface area contributed by atoms with Crippen LogP contribution in [0.3, 0.4) is 0 Å². The molecule has 1 aromatic heterocycles. The Morgan fingerprint density at radius 1 is 0.324 bits per heavy atom. The first-order valence-electron chi connectivity index (χ1n) is 12.7. The molecule has 0 amide bonds. The van der Waals surface area contributed by atoms with Gasteiger partial charge in [0, 0.05) is 20.2 Å². The van der Waals surface area contributed by atoms with Crippen LogP contribution in [0.25, 0.3) is 74.7 Å². The van der Waals surface area contributed by atoms with Gasteiger partial charge in [-0.1, -0.05) is 115 Å². The highest BCUT2D eigenvalue weighted by Gasteiger charge is 2.13. The summed E-state index contributed by atoms with van der Waals surface area (Å²) in [6.45, 7) is 0. The van der Waals surface area contributed by atoms with Crippen molar-refractivity contribution in [3.8, 4) is 22.3 Å². The molecule has 0 fully saturated rings. The third-order valence-electron chi connectivity index (χ3n) is 7.62. The molecule has 172 valence electrons. The van der Waals surface area contributed by atoms with Gasteiger partial charge in [0.1, 0.15) is 0 Å². The summed E-state index contributed by atoms with van der Waals surface area (Å²) >= 11 is 1.92. The molecule has 8 aromatic rings. The van der Waals surface area contributed by atoms with Crippen molar-refractivity contribution in [2.45, 2.75) is 0 Å². The lowest BCUT2D eigenvalue weighted by Gasteiger charge is -2.09. The van der Waals surface area contributed by atoms with Gasteiger partial charge >= 0.3 is 0 Å². The molecule has 0 aliphatic heterocycles. The molecule has 0 nitrogen and oxygen atoms in total. The first kappa shape index (κ1) is 20.7. The molecule has 0 saturated carbocycles. The van der Waals surface area contributed by atoms with E-state index >= 15 is 0 Å². The summed E-state index contributed by atoms with van der Waals surface area (Å²) in [5.41, 5.74) is 5.09. The summed E-state index contributed by atoms with van der Waals surface area (Å²) in [4.78, 5) is 0. The maximum absolute atomic E-state index is 2.34. The third-order valence-corrected chi connectivity index (χ3v) is 8.91. The predicted molar refractivity (Wildman–Crippen MR) is 163 cm³/mol. The fraction of sp³-hybridized carbons (Fsp3) is 0. The fourth-order valence-electron chi connectivity index (χ4n) is 5.72. The van der Waals surface area contributed by atoms with Crippen molar-refractivity contribution in [1.29, 1.82) is 0 Å². The first-order valence-corrected chi connectivity index (χ1v) is 13.5. The number of benzene rings is 7. The smallest absolute Gasteiger partial charge is 0.0434 e. The van der Waals surface area contributed by atoms with E-state index in [2.05, 4.69) is 133 Å². The average molecular weight is 487 g/mol. The van der Waals surface area contributed by atoms with Crippen LogP contribution in [0, 0.1) is 0 Å². The molecule has 1 heteroatoms. The molecule has 0 N–H and O–H groups in total. The van der Waals surface area contributed by atoms with E-state index in [1.165, 1.54) is 74.7 Å². The number of hydrogen-bond acceptors (Lipinski definition) is 1. The number of hydrogen-bond donors (Lipinski definition) is 0. The molecule has 0 saturated heterocycles. The second-order valence-electron chi connectivity index (χ2n) is 9.79. The minimum atomic E-state index is 1.25. The van der Waals surface area contributed by atoms with E-state index in [1.54, 1.807) is 0 Å². The second kappa shape index (κ2) is 8.03. The Hall–Kier alpha value is -4.46. The summed E-state index contributed by atoms with van der Waals surface area (Å²) in [5.74, 6) is 0. The van der Waals surface area contributed by atoms with Crippen molar-refractivity contribution in [3.05, 3.63) is 133 Å². The Morgan fingerprint density at radius 3 is 1.68 bits per heavy atom. The zero-order valence-electron chi connectivity index (χ0n) is 20.1. The van der Waals surface area contributed by atoms with Crippen LogP contribution in [-0.2, 0) is 0 Å². The van der Waals surface area contributed by atoms with Crippen LogP contribution in [-0.4, -0.2) is 0 Å². The molecule has 0 aliphatic rings. The molecule has 0 spiro atoms. The van der Waals surface area contributed by atoms with E-state index in [0.29, 0.717) is 0 Å². The van der Waals surface area contributed by atoms with E-state index in [4.69, 9.17) is 0 Å². The summed E-state index contributed by atoms with van der Waals surface area (Å²) in [7, 11) is 0. The average Bonchev–Trinajstić information content (AvgIpc) is 3.36. The molecule has 0 aliphatic carbocycles. The monoisotopic (exact) mass is 486 g/mol. The minimum Gasteiger partial charge on any atom is -0.134 e. The minimum absolute atomic E-state index is 1.25. The van der Waals surface area contributed by atoms with Crippen molar-refractivity contribution >= 4 is 63.8 Å². The van der Waals surface area contributed by atoms with Gasteiger partial charge in [0.25, 0.3) is 0 Å². The quantitative estimate of drug-likeness (QED) is 0.228. The molecular weight excluding hydrogens is 464 g/mol. The van der Waals surface area contributed by atoms with Gasteiger partial charge < -0.3 is 0 Å². The van der Waals surface area contributed by atoms with Crippen LogP contribution in [0.4, 0.5) is 0 Å². The number of rotatable bonds is 2. The summed E-state index contributed by atoms with van der Waals surface area (Å²) in [6.07, 6.45) is 0.